The minimum atomic E-state index is -0.348. The zero-order chi connectivity index (χ0) is 24.4. The van der Waals surface area contributed by atoms with Gasteiger partial charge in [0.2, 0.25) is 11.9 Å². The fourth-order valence-electron chi connectivity index (χ4n) is 3.88. The molecule has 1 aliphatic rings. The van der Waals surface area contributed by atoms with Crippen LogP contribution in [0.25, 0.3) is 22.2 Å². The first kappa shape index (κ1) is 22.4. The van der Waals surface area contributed by atoms with E-state index in [1.807, 2.05) is 13.1 Å². The van der Waals surface area contributed by atoms with Gasteiger partial charge in [-0.15, -0.1) is 0 Å². The number of nitrogens with zero attached hydrogens (tertiary/aromatic N) is 4. The average molecular weight is 471 g/mol. The normalized spacial score (nSPS) is 13.8. The van der Waals surface area contributed by atoms with Gasteiger partial charge in [-0.1, -0.05) is 18.7 Å². The SMILES string of the molecule is C=CC(=O)Nc1cc(Nc2ncc3ccnc(-c4cccc(F)c4)c3n2)ccc1OC1CN(C)C1. The topological polar surface area (TPSA) is 92.3 Å². The lowest BCUT2D eigenvalue weighted by molar-refractivity contribution is -0.111. The minimum Gasteiger partial charge on any atom is -0.486 e. The smallest absolute Gasteiger partial charge is 0.247 e. The number of halogens is 1. The Morgan fingerprint density at radius 2 is 2.06 bits per heavy atom. The number of fused-ring (bicyclic) bond motifs is 1. The summed E-state index contributed by atoms with van der Waals surface area (Å²) >= 11 is 0. The Labute approximate surface area is 201 Å². The van der Waals surface area contributed by atoms with E-state index in [1.54, 1.807) is 42.7 Å². The molecule has 1 aliphatic heterocycles. The maximum absolute atomic E-state index is 13.8. The number of anilines is 3. The van der Waals surface area contributed by atoms with E-state index in [0.29, 0.717) is 39.8 Å². The number of pyridine rings is 1. The first-order valence-electron chi connectivity index (χ1n) is 11.1. The van der Waals surface area contributed by atoms with Gasteiger partial charge in [-0.25, -0.2) is 14.4 Å². The molecule has 2 aromatic carbocycles. The summed E-state index contributed by atoms with van der Waals surface area (Å²) in [6.07, 6.45) is 4.59. The van der Waals surface area contributed by atoms with Gasteiger partial charge in [0.1, 0.15) is 23.2 Å². The van der Waals surface area contributed by atoms with Gasteiger partial charge in [0, 0.05) is 42.1 Å². The molecule has 1 fully saturated rings. The number of aromatic nitrogens is 3. The highest BCUT2D eigenvalue weighted by Crippen LogP contribution is 2.32. The molecule has 2 aromatic heterocycles. The van der Waals surface area contributed by atoms with Crippen LogP contribution in [-0.2, 0) is 4.79 Å². The first-order chi connectivity index (χ1) is 17.0. The van der Waals surface area contributed by atoms with Gasteiger partial charge in [-0.05, 0) is 49.5 Å². The molecule has 8 nitrogen and oxygen atoms in total. The van der Waals surface area contributed by atoms with E-state index in [1.165, 1.54) is 18.2 Å². The summed E-state index contributed by atoms with van der Waals surface area (Å²) in [6.45, 7) is 5.16. The molecule has 1 amide bonds. The van der Waals surface area contributed by atoms with Gasteiger partial charge in [0.25, 0.3) is 0 Å². The molecular weight excluding hydrogens is 447 g/mol. The summed E-state index contributed by atoms with van der Waals surface area (Å²) in [4.78, 5) is 27.6. The van der Waals surface area contributed by atoms with Gasteiger partial charge >= 0.3 is 0 Å². The number of carbonyl (C=O) groups is 1. The Morgan fingerprint density at radius 3 is 2.83 bits per heavy atom. The van der Waals surface area contributed by atoms with E-state index >= 15 is 0 Å². The molecule has 0 spiro atoms. The number of hydrogen-bond donors (Lipinski definition) is 2. The Morgan fingerprint density at radius 1 is 1.20 bits per heavy atom. The summed E-state index contributed by atoms with van der Waals surface area (Å²) in [5.74, 6) is 0.212. The zero-order valence-corrected chi connectivity index (χ0v) is 19.0. The number of likely N-dealkylation sites (tertiary alicyclic amines) is 1. The first-order valence-corrected chi connectivity index (χ1v) is 11.1. The van der Waals surface area contributed by atoms with Crippen molar-refractivity contribution in [1.82, 2.24) is 19.9 Å². The van der Waals surface area contributed by atoms with Crippen LogP contribution in [0.4, 0.5) is 21.7 Å². The fourth-order valence-corrected chi connectivity index (χ4v) is 3.88. The number of benzene rings is 2. The number of rotatable bonds is 7. The van der Waals surface area contributed by atoms with Crippen molar-refractivity contribution in [3.8, 4) is 17.0 Å². The van der Waals surface area contributed by atoms with Crippen LogP contribution in [0.5, 0.6) is 5.75 Å². The Kier molecular flexibility index (Phi) is 6.07. The number of amides is 1. The third kappa shape index (κ3) is 4.95. The zero-order valence-electron chi connectivity index (χ0n) is 19.0. The van der Waals surface area contributed by atoms with Gasteiger partial charge in [0.15, 0.2) is 0 Å². The van der Waals surface area contributed by atoms with E-state index in [2.05, 4.69) is 37.1 Å². The Balaban J connectivity index is 1.45. The number of carbonyl (C=O) groups excluding carboxylic acids is 1. The summed E-state index contributed by atoms with van der Waals surface area (Å²) in [5.41, 5.74) is 2.93. The number of ether oxygens (including phenoxy) is 1. The maximum atomic E-state index is 13.8. The summed E-state index contributed by atoms with van der Waals surface area (Å²) in [7, 11) is 2.02. The largest absolute Gasteiger partial charge is 0.486 e. The van der Waals surface area contributed by atoms with Crippen LogP contribution >= 0.6 is 0 Å². The van der Waals surface area contributed by atoms with Crippen LogP contribution in [0.2, 0.25) is 0 Å². The molecule has 0 saturated carbocycles. The lowest BCUT2D eigenvalue weighted by atomic mass is 10.1. The minimum absolute atomic E-state index is 0.0655. The van der Waals surface area contributed by atoms with E-state index in [0.717, 1.165) is 18.5 Å². The summed E-state index contributed by atoms with van der Waals surface area (Å²) in [5, 5.41) is 6.74. The van der Waals surface area contributed by atoms with Gasteiger partial charge in [0.05, 0.1) is 11.4 Å². The van der Waals surface area contributed by atoms with Crippen molar-refractivity contribution in [2.75, 3.05) is 30.8 Å². The van der Waals surface area contributed by atoms with Crippen LogP contribution < -0.4 is 15.4 Å². The highest BCUT2D eigenvalue weighted by atomic mass is 19.1. The molecule has 0 unspecified atom stereocenters. The molecule has 1 saturated heterocycles. The lowest BCUT2D eigenvalue weighted by Crippen LogP contribution is -2.51. The molecule has 3 heterocycles. The Bertz CT molecular complexity index is 1420. The molecule has 176 valence electrons. The highest BCUT2D eigenvalue weighted by Gasteiger charge is 2.26. The molecule has 0 aliphatic carbocycles. The van der Waals surface area contributed by atoms with Crippen LogP contribution in [0.1, 0.15) is 0 Å². The molecular formula is C26H23FN6O2. The van der Waals surface area contributed by atoms with Gasteiger partial charge in [-0.2, -0.15) is 0 Å². The van der Waals surface area contributed by atoms with Crippen molar-refractivity contribution in [2.24, 2.45) is 0 Å². The molecule has 0 bridgehead atoms. The molecule has 2 N–H and O–H groups in total. The second kappa shape index (κ2) is 9.47. The van der Waals surface area contributed by atoms with Crippen molar-refractivity contribution in [1.29, 1.82) is 0 Å². The summed E-state index contributed by atoms with van der Waals surface area (Å²) in [6, 6.07) is 13.4. The van der Waals surface area contributed by atoms with Crippen LogP contribution in [0.3, 0.4) is 0 Å². The van der Waals surface area contributed by atoms with Crippen molar-refractivity contribution in [2.45, 2.75) is 6.10 Å². The second-order valence-corrected chi connectivity index (χ2v) is 8.29. The maximum Gasteiger partial charge on any atom is 0.247 e. The van der Waals surface area contributed by atoms with Crippen LogP contribution in [-0.4, -0.2) is 52.0 Å². The summed E-state index contributed by atoms with van der Waals surface area (Å²) < 4.78 is 19.9. The average Bonchev–Trinajstić information content (AvgIpc) is 2.84. The van der Waals surface area contributed by atoms with Crippen molar-refractivity contribution in [3.05, 3.63) is 79.4 Å². The molecule has 9 heteroatoms. The molecule has 0 radical (unpaired) electrons. The third-order valence-electron chi connectivity index (χ3n) is 5.60. The number of hydrogen-bond acceptors (Lipinski definition) is 7. The van der Waals surface area contributed by atoms with E-state index in [9.17, 15) is 9.18 Å². The quantitative estimate of drug-likeness (QED) is 0.387. The monoisotopic (exact) mass is 470 g/mol. The number of nitrogens with one attached hydrogen (secondary N) is 2. The predicted octanol–water partition coefficient (Wildman–Crippen LogP) is 4.39. The highest BCUT2D eigenvalue weighted by molar-refractivity contribution is 6.00. The number of likely N-dealkylation sites (N-methyl/N-ethyl adjacent to an activating group) is 1. The second-order valence-electron chi connectivity index (χ2n) is 8.29. The van der Waals surface area contributed by atoms with Crippen LogP contribution in [0, 0.1) is 5.82 Å². The van der Waals surface area contributed by atoms with Crippen molar-refractivity contribution < 1.29 is 13.9 Å². The van der Waals surface area contributed by atoms with Gasteiger partial charge < -0.3 is 15.4 Å². The van der Waals surface area contributed by atoms with E-state index in [-0.39, 0.29) is 17.8 Å². The molecule has 4 aromatic rings. The lowest BCUT2D eigenvalue weighted by Gasteiger charge is -2.36. The third-order valence-corrected chi connectivity index (χ3v) is 5.60. The van der Waals surface area contributed by atoms with Gasteiger partial charge in [-0.3, -0.25) is 14.7 Å². The standard InChI is InChI=1S/C26H23FN6O2/c1-3-23(34)31-21-12-19(7-8-22(21)35-20-14-33(2)15-20)30-26-29-13-17-9-10-28-24(25(17)32-26)16-5-4-6-18(27)11-16/h3-13,20H,1,14-15H2,2H3,(H,31,34)(H,29,30,32). The Hall–Kier alpha value is -4.37. The molecule has 0 atom stereocenters. The fraction of sp³-hybridized carbons (Fsp3) is 0.154. The van der Waals surface area contributed by atoms with Crippen molar-refractivity contribution in [3.63, 3.8) is 0 Å². The predicted molar refractivity (Wildman–Crippen MR) is 133 cm³/mol. The van der Waals surface area contributed by atoms with E-state index < -0.39 is 0 Å². The van der Waals surface area contributed by atoms with Crippen molar-refractivity contribution >= 4 is 34.1 Å². The van der Waals surface area contributed by atoms with Crippen LogP contribution in [0.15, 0.2) is 73.6 Å². The molecule has 35 heavy (non-hydrogen) atoms. The van der Waals surface area contributed by atoms with E-state index in [4.69, 9.17) is 4.74 Å². The molecule has 5 rings (SSSR count).